The van der Waals surface area contributed by atoms with Crippen molar-refractivity contribution in [1.29, 1.82) is 0 Å². The summed E-state index contributed by atoms with van der Waals surface area (Å²) in [4.78, 5) is 0. The summed E-state index contributed by atoms with van der Waals surface area (Å²) in [5, 5.41) is 0. The van der Waals surface area contributed by atoms with Gasteiger partial charge in [0.25, 0.3) is 0 Å². The molecule has 0 aliphatic rings. The molecule has 0 spiro atoms. The molecule has 1 aromatic rings. The number of rotatable bonds is 2. The molecule has 0 atom stereocenters. The molecular formula is C7H5BrF2Hg. The number of hydrogen-bond acceptors (Lipinski definition) is 0. The monoisotopic (exact) mass is 408 g/mol. The Morgan fingerprint density at radius 1 is 1.18 bits per heavy atom. The Morgan fingerprint density at radius 3 is 2.18 bits per heavy atom. The maximum absolute atomic E-state index is 12.4. The van der Waals surface area contributed by atoms with Crippen molar-refractivity contribution in [3.05, 3.63) is 30.3 Å². The van der Waals surface area contributed by atoms with Crippen LogP contribution in [-0.4, -0.2) is 2.34 Å². The molecule has 0 fully saturated rings. The Morgan fingerprint density at radius 2 is 1.73 bits per heavy atom. The topological polar surface area (TPSA) is 0 Å². The summed E-state index contributed by atoms with van der Waals surface area (Å²) in [6.07, 6.45) is 0. The van der Waals surface area contributed by atoms with Gasteiger partial charge in [-0.3, -0.25) is 0 Å². The molecule has 0 radical (unpaired) electrons. The fourth-order valence-electron chi connectivity index (χ4n) is 0.827. The normalized spacial score (nSPS) is 10.8. The molecule has 0 aliphatic heterocycles. The molecule has 1 rings (SSSR count). The third-order valence-corrected chi connectivity index (χ3v) is 8.69. The van der Waals surface area contributed by atoms with Gasteiger partial charge in [0, 0.05) is 0 Å². The van der Waals surface area contributed by atoms with Crippen molar-refractivity contribution in [1.82, 2.24) is 0 Å². The zero-order chi connectivity index (χ0) is 8.32. The first-order valence-corrected chi connectivity index (χ1v) is 9.48. The maximum atomic E-state index is 12.4. The molecule has 0 aromatic heterocycles. The first-order chi connectivity index (χ1) is 5.08. The van der Waals surface area contributed by atoms with E-state index in [0.29, 0.717) is 0 Å². The summed E-state index contributed by atoms with van der Waals surface area (Å²) in [7, 11) is 0. The molecule has 0 saturated carbocycles. The summed E-state index contributed by atoms with van der Waals surface area (Å²) in [5.41, 5.74) is 0. The summed E-state index contributed by atoms with van der Waals surface area (Å²) in [6, 6.07) is 8.99. The first-order valence-electron chi connectivity index (χ1n) is 3.18. The molecule has 0 unspecified atom stereocenters. The van der Waals surface area contributed by atoms with E-state index in [1.165, 1.54) is 0 Å². The van der Waals surface area contributed by atoms with Crippen LogP contribution in [0.15, 0.2) is 30.3 Å². The van der Waals surface area contributed by atoms with Crippen LogP contribution in [0.2, 0.25) is 0 Å². The fourth-order valence-corrected chi connectivity index (χ4v) is 7.44. The molecular weight excluding hydrogens is 403 g/mol. The van der Waals surface area contributed by atoms with E-state index in [9.17, 15) is 8.78 Å². The van der Waals surface area contributed by atoms with Crippen LogP contribution in [0, 0.1) is 0 Å². The van der Waals surface area contributed by atoms with E-state index in [1.807, 2.05) is 6.07 Å². The van der Waals surface area contributed by atoms with Crippen molar-refractivity contribution in [2.24, 2.45) is 0 Å². The van der Waals surface area contributed by atoms with Crippen LogP contribution in [0.4, 0.5) is 8.78 Å². The molecule has 0 saturated heterocycles. The van der Waals surface area contributed by atoms with Crippen molar-refractivity contribution in [2.75, 3.05) is 0 Å². The second-order valence-corrected chi connectivity index (χ2v) is 15.5. The van der Waals surface area contributed by atoms with Gasteiger partial charge in [-0.2, -0.15) is 0 Å². The Hall–Kier alpha value is 0.495. The zero-order valence-electron chi connectivity index (χ0n) is 5.73. The van der Waals surface area contributed by atoms with E-state index in [2.05, 4.69) is 15.9 Å². The van der Waals surface area contributed by atoms with Crippen molar-refractivity contribution in [3.8, 4) is 0 Å². The van der Waals surface area contributed by atoms with E-state index in [1.54, 1.807) is 24.3 Å². The minimum atomic E-state index is -2.56. The number of alkyl halides is 3. The predicted molar refractivity (Wildman–Crippen MR) is 40.0 cm³/mol. The standard InChI is InChI=1S/C6H5.CBrF2.Hg/c1-2-4-6-5-3-1;2-1(3)4;/h1-5H;;. The quantitative estimate of drug-likeness (QED) is 0.522. The number of benzene rings is 1. The average molecular weight is 408 g/mol. The van der Waals surface area contributed by atoms with Crippen LogP contribution in [0.25, 0.3) is 0 Å². The molecule has 0 nitrogen and oxygen atoms in total. The van der Waals surface area contributed by atoms with Crippen molar-refractivity contribution in [2.45, 2.75) is 2.34 Å². The van der Waals surface area contributed by atoms with Crippen LogP contribution in [0.5, 0.6) is 0 Å². The summed E-state index contributed by atoms with van der Waals surface area (Å²) < 4.78 is 23.1. The van der Waals surface area contributed by atoms with Gasteiger partial charge in [0.15, 0.2) is 0 Å². The summed E-state index contributed by atoms with van der Waals surface area (Å²) >= 11 is 0.151. The van der Waals surface area contributed by atoms with Gasteiger partial charge in [-0.25, -0.2) is 0 Å². The van der Waals surface area contributed by atoms with Crippen LogP contribution in [0.3, 0.4) is 0 Å². The van der Waals surface area contributed by atoms with E-state index < -0.39 is 26.9 Å². The van der Waals surface area contributed by atoms with Crippen LogP contribution < -0.4 is 3.07 Å². The van der Waals surface area contributed by atoms with Gasteiger partial charge in [-0.05, 0) is 0 Å². The van der Waals surface area contributed by atoms with E-state index in [0.717, 1.165) is 3.07 Å². The third kappa shape index (κ3) is 4.16. The Balaban J connectivity index is 2.66. The Bertz CT molecular complexity index is 220. The Labute approximate surface area is 84.5 Å². The second kappa shape index (κ2) is 3.94. The van der Waals surface area contributed by atoms with Gasteiger partial charge in [0.05, 0.1) is 0 Å². The van der Waals surface area contributed by atoms with Gasteiger partial charge in [0.1, 0.15) is 0 Å². The molecule has 1 aromatic carbocycles. The molecule has 0 bridgehead atoms. The molecule has 11 heavy (non-hydrogen) atoms. The van der Waals surface area contributed by atoms with Crippen LogP contribution in [0.1, 0.15) is 0 Å². The predicted octanol–water partition coefficient (Wildman–Crippen LogP) is 2.34. The van der Waals surface area contributed by atoms with Gasteiger partial charge in [0.2, 0.25) is 0 Å². The van der Waals surface area contributed by atoms with Gasteiger partial charge >= 0.3 is 85.0 Å². The van der Waals surface area contributed by atoms with Crippen LogP contribution >= 0.6 is 15.9 Å². The van der Waals surface area contributed by atoms with Crippen molar-refractivity contribution < 1.29 is 33.4 Å². The molecule has 0 aliphatic carbocycles. The van der Waals surface area contributed by atoms with Crippen LogP contribution in [-0.2, 0) is 24.6 Å². The molecule has 4 heteroatoms. The van der Waals surface area contributed by atoms with Gasteiger partial charge < -0.3 is 0 Å². The second-order valence-electron chi connectivity index (χ2n) is 2.28. The summed E-state index contributed by atoms with van der Waals surface area (Å²) in [5.74, 6) is 0. The van der Waals surface area contributed by atoms with Crippen molar-refractivity contribution in [3.63, 3.8) is 0 Å². The SMILES string of the molecule is F[C](F)(Br)[Hg][c]1ccccc1. The first kappa shape index (κ1) is 9.58. The van der Waals surface area contributed by atoms with Gasteiger partial charge in [-0.1, -0.05) is 0 Å². The fraction of sp³-hybridized carbons (Fsp3) is 0.143. The van der Waals surface area contributed by atoms with Crippen molar-refractivity contribution >= 4 is 19.0 Å². The molecule has 0 heterocycles. The summed E-state index contributed by atoms with van der Waals surface area (Å²) in [6.45, 7) is 0. The third-order valence-electron chi connectivity index (χ3n) is 1.25. The van der Waals surface area contributed by atoms with E-state index >= 15 is 0 Å². The Kier molecular flexibility index (Phi) is 3.43. The minimum absolute atomic E-state index is 0.856. The van der Waals surface area contributed by atoms with E-state index in [4.69, 9.17) is 0 Å². The average Bonchev–Trinajstić information content (AvgIpc) is 1.85. The number of hydrogen-bond donors (Lipinski definition) is 0. The number of halogens is 3. The molecule has 0 N–H and O–H groups in total. The molecule has 0 amide bonds. The van der Waals surface area contributed by atoms with Gasteiger partial charge in [-0.15, -0.1) is 0 Å². The zero-order valence-corrected chi connectivity index (χ0v) is 12.8. The van der Waals surface area contributed by atoms with E-state index in [-0.39, 0.29) is 0 Å². The molecule has 56 valence electrons.